The number of benzene rings is 2. The van der Waals surface area contributed by atoms with Crippen LogP contribution in [0.25, 0.3) is 21.3 Å². The molecule has 2 heterocycles. The molecule has 27 heavy (non-hydrogen) atoms. The standard InChI is InChI=1S/C20H16N4O2S/c1-12-3-6-14(7-4-12)16-10-27-20-18(16)19(21-11-22-20)23-17-9-15(24(25)26)8-5-13(17)2/h3-11H,1-2H3,(H,21,22,23). The van der Waals surface area contributed by atoms with Gasteiger partial charge >= 0.3 is 0 Å². The zero-order valence-electron chi connectivity index (χ0n) is 14.8. The number of rotatable bonds is 4. The van der Waals surface area contributed by atoms with Gasteiger partial charge in [-0.1, -0.05) is 35.9 Å². The molecule has 0 aliphatic carbocycles. The van der Waals surface area contributed by atoms with E-state index in [2.05, 4.69) is 51.9 Å². The van der Waals surface area contributed by atoms with Crippen LogP contribution in [0, 0.1) is 24.0 Å². The van der Waals surface area contributed by atoms with Crippen molar-refractivity contribution in [3.8, 4) is 11.1 Å². The first-order valence-electron chi connectivity index (χ1n) is 8.34. The Kier molecular flexibility index (Phi) is 4.29. The molecule has 0 spiro atoms. The van der Waals surface area contributed by atoms with Gasteiger partial charge in [-0.15, -0.1) is 11.3 Å². The van der Waals surface area contributed by atoms with Crippen molar-refractivity contribution in [1.82, 2.24) is 9.97 Å². The summed E-state index contributed by atoms with van der Waals surface area (Å²) in [5, 5.41) is 17.4. The average Bonchev–Trinajstić information content (AvgIpc) is 3.09. The van der Waals surface area contributed by atoms with Gasteiger partial charge in [-0.05, 0) is 25.0 Å². The molecule has 134 valence electrons. The molecule has 0 radical (unpaired) electrons. The van der Waals surface area contributed by atoms with E-state index < -0.39 is 4.92 Å². The highest BCUT2D eigenvalue weighted by Gasteiger charge is 2.15. The highest BCUT2D eigenvalue weighted by molar-refractivity contribution is 7.17. The molecule has 4 rings (SSSR count). The Morgan fingerprint density at radius 2 is 1.85 bits per heavy atom. The number of fused-ring (bicyclic) bond motifs is 1. The van der Waals surface area contributed by atoms with Crippen LogP contribution in [0.15, 0.2) is 54.2 Å². The minimum absolute atomic E-state index is 0.0393. The van der Waals surface area contributed by atoms with Crippen molar-refractivity contribution in [3.05, 3.63) is 75.4 Å². The molecule has 0 saturated heterocycles. The highest BCUT2D eigenvalue weighted by Crippen LogP contribution is 2.38. The van der Waals surface area contributed by atoms with Gasteiger partial charge < -0.3 is 5.32 Å². The zero-order chi connectivity index (χ0) is 19.0. The maximum absolute atomic E-state index is 11.1. The van der Waals surface area contributed by atoms with Crippen LogP contribution in [0.1, 0.15) is 11.1 Å². The summed E-state index contributed by atoms with van der Waals surface area (Å²) in [7, 11) is 0. The molecule has 7 heteroatoms. The fourth-order valence-corrected chi connectivity index (χ4v) is 3.82. The molecule has 0 atom stereocenters. The van der Waals surface area contributed by atoms with Gasteiger partial charge in [0.25, 0.3) is 5.69 Å². The summed E-state index contributed by atoms with van der Waals surface area (Å²) < 4.78 is 0. The maximum atomic E-state index is 11.1. The lowest BCUT2D eigenvalue weighted by Crippen LogP contribution is -1.99. The lowest BCUT2D eigenvalue weighted by Gasteiger charge is -2.11. The minimum Gasteiger partial charge on any atom is -0.339 e. The number of thiophene rings is 1. The van der Waals surface area contributed by atoms with Crippen molar-refractivity contribution in [2.45, 2.75) is 13.8 Å². The molecule has 2 aromatic heterocycles. The third kappa shape index (κ3) is 3.24. The third-order valence-corrected chi connectivity index (χ3v) is 5.30. The van der Waals surface area contributed by atoms with E-state index in [9.17, 15) is 10.1 Å². The first kappa shape index (κ1) is 17.1. The molecule has 6 nitrogen and oxygen atoms in total. The van der Waals surface area contributed by atoms with Gasteiger partial charge in [-0.25, -0.2) is 9.97 Å². The molecule has 0 saturated carbocycles. The Morgan fingerprint density at radius 3 is 2.59 bits per heavy atom. The SMILES string of the molecule is Cc1ccc(-c2csc3ncnc(Nc4cc([N+](=O)[O-])ccc4C)c23)cc1. The number of nitrogens with zero attached hydrogens (tertiary/aromatic N) is 3. The van der Waals surface area contributed by atoms with E-state index in [1.54, 1.807) is 17.4 Å². The van der Waals surface area contributed by atoms with E-state index in [1.165, 1.54) is 24.0 Å². The van der Waals surface area contributed by atoms with E-state index in [0.29, 0.717) is 11.5 Å². The van der Waals surface area contributed by atoms with E-state index >= 15 is 0 Å². The van der Waals surface area contributed by atoms with E-state index in [0.717, 1.165) is 26.9 Å². The smallest absolute Gasteiger partial charge is 0.271 e. The molecule has 0 bridgehead atoms. The largest absolute Gasteiger partial charge is 0.339 e. The van der Waals surface area contributed by atoms with E-state index in [1.807, 2.05) is 6.92 Å². The summed E-state index contributed by atoms with van der Waals surface area (Å²) >= 11 is 1.55. The second-order valence-corrected chi connectivity index (χ2v) is 7.16. The molecular formula is C20H16N4O2S. The fraction of sp³-hybridized carbons (Fsp3) is 0.100. The van der Waals surface area contributed by atoms with E-state index in [-0.39, 0.29) is 5.69 Å². The predicted molar refractivity (Wildman–Crippen MR) is 109 cm³/mol. The Morgan fingerprint density at radius 1 is 1.07 bits per heavy atom. The lowest BCUT2D eigenvalue weighted by molar-refractivity contribution is -0.384. The number of hydrogen-bond donors (Lipinski definition) is 1. The van der Waals surface area contributed by atoms with Crippen molar-refractivity contribution in [2.24, 2.45) is 0 Å². The zero-order valence-corrected chi connectivity index (χ0v) is 15.6. The predicted octanol–water partition coefficient (Wildman–Crippen LogP) is 5.63. The van der Waals surface area contributed by atoms with Crippen molar-refractivity contribution in [3.63, 3.8) is 0 Å². The second kappa shape index (κ2) is 6.77. The summed E-state index contributed by atoms with van der Waals surface area (Å²) in [4.78, 5) is 20.4. The topological polar surface area (TPSA) is 81.0 Å². The van der Waals surface area contributed by atoms with Crippen LogP contribution in [0.5, 0.6) is 0 Å². The van der Waals surface area contributed by atoms with Crippen LogP contribution in [-0.2, 0) is 0 Å². The van der Waals surface area contributed by atoms with Gasteiger partial charge in [0.15, 0.2) is 0 Å². The van der Waals surface area contributed by atoms with Crippen LogP contribution in [0.4, 0.5) is 17.2 Å². The first-order valence-corrected chi connectivity index (χ1v) is 9.22. The summed E-state index contributed by atoms with van der Waals surface area (Å²) in [6, 6.07) is 13.0. The Balaban J connectivity index is 1.83. The Labute approximate surface area is 159 Å². The molecule has 0 aliphatic rings. The Hall–Kier alpha value is -3.32. The van der Waals surface area contributed by atoms with Gasteiger partial charge in [0.2, 0.25) is 0 Å². The van der Waals surface area contributed by atoms with Crippen LogP contribution < -0.4 is 5.32 Å². The van der Waals surface area contributed by atoms with Crippen LogP contribution in [0.3, 0.4) is 0 Å². The van der Waals surface area contributed by atoms with Crippen molar-refractivity contribution < 1.29 is 4.92 Å². The van der Waals surface area contributed by atoms with Crippen molar-refractivity contribution >= 4 is 38.7 Å². The van der Waals surface area contributed by atoms with Crippen LogP contribution in [-0.4, -0.2) is 14.9 Å². The van der Waals surface area contributed by atoms with Gasteiger partial charge in [0.1, 0.15) is 17.0 Å². The summed E-state index contributed by atoms with van der Waals surface area (Å²) in [6.07, 6.45) is 1.51. The molecule has 0 amide bonds. The molecule has 2 aromatic carbocycles. The Bertz CT molecular complexity index is 1150. The monoisotopic (exact) mass is 376 g/mol. The molecule has 4 aromatic rings. The number of aromatic nitrogens is 2. The summed E-state index contributed by atoms with van der Waals surface area (Å²) in [6.45, 7) is 3.95. The van der Waals surface area contributed by atoms with E-state index in [4.69, 9.17) is 0 Å². The highest BCUT2D eigenvalue weighted by atomic mass is 32.1. The quantitative estimate of drug-likeness (QED) is 0.369. The normalized spacial score (nSPS) is 10.9. The van der Waals surface area contributed by atoms with Crippen molar-refractivity contribution in [1.29, 1.82) is 0 Å². The molecule has 0 aliphatic heterocycles. The summed E-state index contributed by atoms with van der Waals surface area (Å²) in [5.41, 5.74) is 4.92. The van der Waals surface area contributed by atoms with Crippen LogP contribution in [0.2, 0.25) is 0 Å². The average molecular weight is 376 g/mol. The van der Waals surface area contributed by atoms with Crippen LogP contribution >= 0.6 is 11.3 Å². The maximum Gasteiger partial charge on any atom is 0.271 e. The number of nitro groups is 1. The molecule has 0 fully saturated rings. The number of anilines is 2. The number of hydrogen-bond acceptors (Lipinski definition) is 6. The molecular weight excluding hydrogens is 360 g/mol. The van der Waals surface area contributed by atoms with Crippen molar-refractivity contribution in [2.75, 3.05) is 5.32 Å². The van der Waals surface area contributed by atoms with Gasteiger partial charge in [0, 0.05) is 28.8 Å². The molecule has 1 N–H and O–H groups in total. The van der Waals surface area contributed by atoms with Gasteiger partial charge in [-0.3, -0.25) is 10.1 Å². The fourth-order valence-electron chi connectivity index (χ4n) is 2.90. The van der Waals surface area contributed by atoms with Gasteiger partial charge in [-0.2, -0.15) is 0 Å². The number of non-ortho nitro benzene ring substituents is 1. The summed E-state index contributed by atoms with van der Waals surface area (Å²) in [5.74, 6) is 0.639. The van der Waals surface area contributed by atoms with Gasteiger partial charge in [0.05, 0.1) is 10.3 Å². The number of nitro benzene ring substituents is 1. The second-order valence-electron chi connectivity index (χ2n) is 6.30. The third-order valence-electron chi connectivity index (χ3n) is 4.42. The lowest BCUT2D eigenvalue weighted by atomic mass is 10.0. The molecule has 0 unspecified atom stereocenters. The minimum atomic E-state index is -0.400. The number of nitrogens with one attached hydrogen (secondary N) is 1. The number of aryl methyl sites for hydroxylation is 2. The first-order chi connectivity index (χ1) is 13.0.